The van der Waals surface area contributed by atoms with Gasteiger partial charge in [-0.1, -0.05) is 0 Å². The van der Waals surface area contributed by atoms with Gasteiger partial charge in [0.1, 0.15) is 23.8 Å². The van der Waals surface area contributed by atoms with E-state index in [0.717, 1.165) is 16.8 Å². The first kappa shape index (κ1) is 14.8. The highest BCUT2D eigenvalue weighted by atomic mass is 19.4. The van der Waals surface area contributed by atoms with Crippen molar-refractivity contribution in [2.45, 2.75) is 6.18 Å². The van der Waals surface area contributed by atoms with Gasteiger partial charge in [-0.05, 0) is 30.3 Å². The Hall–Kier alpha value is -3.08. The number of imidazole rings is 1. The first-order chi connectivity index (χ1) is 10.9. The Labute approximate surface area is 128 Å². The quantitative estimate of drug-likeness (QED) is 0.727. The standard InChI is InChI=1S/C15H9F3N4O/c1-23-10-4-2-9(3-5-10)11-6-13(15(16,17)18)22-8-20-12(7-19)14(22)21-11/h2-6,8H,1H3. The molecule has 0 bridgehead atoms. The van der Waals surface area contributed by atoms with Crippen LogP contribution in [0.2, 0.25) is 0 Å². The van der Waals surface area contributed by atoms with Gasteiger partial charge in [-0.2, -0.15) is 18.4 Å². The zero-order valence-electron chi connectivity index (χ0n) is 11.8. The molecule has 0 atom stereocenters. The van der Waals surface area contributed by atoms with E-state index in [4.69, 9.17) is 10.00 Å². The van der Waals surface area contributed by atoms with Gasteiger partial charge in [0.05, 0.1) is 12.8 Å². The van der Waals surface area contributed by atoms with Gasteiger partial charge in [0.15, 0.2) is 11.3 Å². The summed E-state index contributed by atoms with van der Waals surface area (Å²) in [6.45, 7) is 0. The second kappa shape index (κ2) is 5.28. The zero-order chi connectivity index (χ0) is 16.6. The molecule has 23 heavy (non-hydrogen) atoms. The van der Waals surface area contributed by atoms with Gasteiger partial charge < -0.3 is 4.74 Å². The number of hydrogen-bond acceptors (Lipinski definition) is 4. The molecular weight excluding hydrogens is 309 g/mol. The Morgan fingerprint density at radius 3 is 2.48 bits per heavy atom. The van der Waals surface area contributed by atoms with Crippen molar-refractivity contribution in [2.24, 2.45) is 0 Å². The zero-order valence-corrected chi connectivity index (χ0v) is 11.8. The Kier molecular flexibility index (Phi) is 3.41. The molecule has 0 unspecified atom stereocenters. The molecule has 0 saturated carbocycles. The highest BCUT2D eigenvalue weighted by Crippen LogP contribution is 2.33. The number of benzene rings is 1. The van der Waals surface area contributed by atoms with E-state index in [1.807, 2.05) is 0 Å². The van der Waals surface area contributed by atoms with Crippen LogP contribution in [0.25, 0.3) is 16.9 Å². The Morgan fingerprint density at radius 1 is 1.22 bits per heavy atom. The van der Waals surface area contributed by atoms with E-state index < -0.39 is 11.9 Å². The fourth-order valence-electron chi connectivity index (χ4n) is 2.18. The van der Waals surface area contributed by atoms with Crippen molar-refractivity contribution >= 4 is 5.65 Å². The van der Waals surface area contributed by atoms with Crippen LogP contribution in [0.15, 0.2) is 36.7 Å². The maximum Gasteiger partial charge on any atom is 0.431 e. The number of alkyl halides is 3. The lowest BCUT2D eigenvalue weighted by atomic mass is 10.1. The van der Waals surface area contributed by atoms with Crippen molar-refractivity contribution in [3.63, 3.8) is 0 Å². The second-order valence-corrected chi connectivity index (χ2v) is 4.65. The molecule has 3 rings (SSSR count). The maximum absolute atomic E-state index is 13.3. The molecule has 8 heteroatoms. The molecular formula is C15H9F3N4O. The molecule has 0 saturated heterocycles. The third-order valence-electron chi connectivity index (χ3n) is 3.28. The third kappa shape index (κ3) is 2.57. The first-order valence-corrected chi connectivity index (χ1v) is 6.44. The van der Waals surface area contributed by atoms with Gasteiger partial charge in [-0.15, -0.1) is 0 Å². The first-order valence-electron chi connectivity index (χ1n) is 6.44. The molecule has 2 heterocycles. The summed E-state index contributed by atoms with van der Waals surface area (Å²) >= 11 is 0. The summed E-state index contributed by atoms with van der Waals surface area (Å²) in [6, 6.07) is 9.11. The Balaban J connectivity index is 2.26. The minimum absolute atomic E-state index is 0.101. The maximum atomic E-state index is 13.3. The molecule has 0 N–H and O–H groups in total. The van der Waals surface area contributed by atoms with Crippen LogP contribution >= 0.6 is 0 Å². The van der Waals surface area contributed by atoms with Crippen molar-refractivity contribution in [3.8, 4) is 23.1 Å². The summed E-state index contributed by atoms with van der Waals surface area (Å²) in [7, 11) is 1.49. The predicted octanol–water partition coefficient (Wildman–Crippen LogP) is 3.30. The molecule has 0 radical (unpaired) electrons. The summed E-state index contributed by atoms with van der Waals surface area (Å²) in [4.78, 5) is 7.81. The topological polar surface area (TPSA) is 63.2 Å². The molecule has 0 spiro atoms. The molecule has 1 aromatic carbocycles. The average Bonchev–Trinajstić information content (AvgIpc) is 2.96. The number of rotatable bonds is 2. The molecule has 2 aromatic heterocycles. The van der Waals surface area contributed by atoms with Gasteiger partial charge in [-0.25, -0.2) is 9.97 Å². The number of methoxy groups -OCH3 is 1. The normalized spacial score (nSPS) is 11.4. The lowest BCUT2D eigenvalue weighted by Gasteiger charge is -2.11. The second-order valence-electron chi connectivity index (χ2n) is 4.65. The number of halogens is 3. The summed E-state index contributed by atoms with van der Waals surface area (Å²) in [5.41, 5.74) is -0.658. The van der Waals surface area contributed by atoms with E-state index >= 15 is 0 Å². The summed E-state index contributed by atoms with van der Waals surface area (Å²) < 4.78 is 45.6. The summed E-state index contributed by atoms with van der Waals surface area (Å²) in [6.07, 6.45) is -3.66. The molecule has 0 aliphatic heterocycles. The van der Waals surface area contributed by atoms with Crippen molar-refractivity contribution in [1.82, 2.24) is 14.4 Å². The highest BCUT2D eigenvalue weighted by Gasteiger charge is 2.35. The molecule has 0 fully saturated rings. The van der Waals surface area contributed by atoms with Gasteiger partial charge in [0, 0.05) is 5.56 Å². The molecule has 116 valence electrons. The smallest absolute Gasteiger partial charge is 0.431 e. The SMILES string of the molecule is COc1ccc(-c2cc(C(F)(F)F)n3cnc(C#N)c3n2)cc1. The van der Waals surface area contributed by atoms with Crippen LogP contribution in [0.4, 0.5) is 13.2 Å². The van der Waals surface area contributed by atoms with Crippen molar-refractivity contribution < 1.29 is 17.9 Å². The van der Waals surface area contributed by atoms with Crippen LogP contribution < -0.4 is 4.74 Å². The lowest BCUT2D eigenvalue weighted by molar-refractivity contribution is -0.142. The van der Waals surface area contributed by atoms with Crippen LogP contribution in [0, 0.1) is 11.3 Å². The fourth-order valence-corrected chi connectivity index (χ4v) is 2.18. The van der Waals surface area contributed by atoms with Crippen LogP contribution in [0.5, 0.6) is 5.75 Å². The molecule has 0 amide bonds. The summed E-state index contributed by atoms with van der Waals surface area (Å²) in [5.74, 6) is 0.577. The van der Waals surface area contributed by atoms with Crippen LogP contribution in [0.1, 0.15) is 11.4 Å². The number of hydrogen-bond donors (Lipinski definition) is 0. The third-order valence-corrected chi connectivity index (χ3v) is 3.28. The number of nitrogens with zero attached hydrogens (tertiary/aromatic N) is 4. The van der Waals surface area contributed by atoms with Gasteiger partial charge in [0.2, 0.25) is 0 Å². The number of fused-ring (bicyclic) bond motifs is 1. The average molecular weight is 318 g/mol. The lowest BCUT2D eigenvalue weighted by Crippen LogP contribution is -2.12. The summed E-state index contributed by atoms with van der Waals surface area (Å²) in [5, 5.41) is 8.98. The number of nitriles is 1. The molecule has 5 nitrogen and oxygen atoms in total. The number of ether oxygens (including phenoxy) is 1. The minimum Gasteiger partial charge on any atom is -0.497 e. The van der Waals surface area contributed by atoms with E-state index in [1.165, 1.54) is 7.11 Å². The molecule has 0 aliphatic rings. The monoisotopic (exact) mass is 318 g/mol. The molecule has 0 aliphatic carbocycles. The van der Waals surface area contributed by atoms with Crippen LogP contribution in [0.3, 0.4) is 0 Å². The van der Waals surface area contributed by atoms with Crippen LogP contribution in [-0.2, 0) is 6.18 Å². The largest absolute Gasteiger partial charge is 0.497 e. The van der Waals surface area contributed by atoms with Crippen molar-refractivity contribution in [1.29, 1.82) is 5.26 Å². The highest BCUT2D eigenvalue weighted by molar-refractivity contribution is 5.65. The van der Waals surface area contributed by atoms with E-state index in [-0.39, 0.29) is 17.0 Å². The van der Waals surface area contributed by atoms with Gasteiger partial charge in [0.25, 0.3) is 0 Å². The van der Waals surface area contributed by atoms with E-state index in [0.29, 0.717) is 11.3 Å². The minimum atomic E-state index is -4.60. The van der Waals surface area contributed by atoms with Gasteiger partial charge >= 0.3 is 6.18 Å². The number of aromatic nitrogens is 3. The van der Waals surface area contributed by atoms with Gasteiger partial charge in [-0.3, -0.25) is 4.40 Å². The van der Waals surface area contributed by atoms with E-state index in [9.17, 15) is 13.2 Å². The van der Waals surface area contributed by atoms with E-state index in [1.54, 1.807) is 30.3 Å². The van der Waals surface area contributed by atoms with Crippen LogP contribution in [-0.4, -0.2) is 21.5 Å². The van der Waals surface area contributed by atoms with Crippen molar-refractivity contribution in [2.75, 3.05) is 7.11 Å². The van der Waals surface area contributed by atoms with Crippen molar-refractivity contribution in [3.05, 3.63) is 48.0 Å². The Morgan fingerprint density at radius 2 is 1.91 bits per heavy atom. The predicted molar refractivity (Wildman–Crippen MR) is 74.7 cm³/mol. The van der Waals surface area contributed by atoms with E-state index in [2.05, 4.69) is 9.97 Å². The molecule has 3 aromatic rings. The Bertz CT molecular complexity index is 907. The fraction of sp³-hybridized carbons (Fsp3) is 0.133.